The van der Waals surface area contributed by atoms with E-state index >= 15 is 0 Å². The Morgan fingerprint density at radius 1 is 1.22 bits per heavy atom. The molecular formula is C14H20N4. The molecule has 0 spiro atoms. The second-order valence-corrected chi connectivity index (χ2v) is 5.00. The van der Waals surface area contributed by atoms with Crippen molar-refractivity contribution in [3.8, 4) is 6.07 Å². The van der Waals surface area contributed by atoms with Crippen molar-refractivity contribution in [3.63, 3.8) is 0 Å². The number of benzene rings is 1. The second kappa shape index (κ2) is 5.28. The minimum atomic E-state index is 0.555. The summed E-state index contributed by atoms with van der Waals surface area (Å²) in [6.07, 6.45) is 0. The van der Waals surface area contributed by atoms with Crippen LogP contribution in [0.2, 0.25) is 0 Å². The van der Waals surface area contributed by atoms with E-state index in [-0.39, 0.29) is 0 Å². The van der Waals surface area contributed by atoms with Gasteiger partial charge in [0.15, 0.2) is 0 Å². The molecule has 1 saturated heterocycles. The summed E-state index contributed by atoms with van der Waals surface area (Å²) >= 11 is 0. The molecule has 0 atom stereocenters. The molecule has 0 aliphatic carbocycles. The number of hydrogen-bond donors (Lipinski definition) is 1. The molecule has 0 amide bonds. The molecule has 1 aliphatic rings. The van der Waals surface area contributed by atoms with E-state index in [9.17, 15) is 0 Å². The molecular weight excluding hydrogens is 224 g/mol. The van der Waals surface area contributed by atoms with Crippen molar-refractivity contribution in [3.05, 3.63) is 23.8 Å². The van der Waals surface area contributed by atoms with Gasteiger partial charge < -0.3 is 10.6 Å². The van der Waals surface area contributed by atoms with E-state index in [1.54, 1.807) is 6.07 Å². The predicted octanol–water partition coefficient (Wildman–Crippen LogP) is 1.67. The van der Waals surface area contributed by atoms with Crippen molar-refractivity contribution in [2.45, 2.75) is 19.9 Å². The second-order valence-electron chi connectivity index (χ2n) is 5.00. The fourth-order valence-electron chi connectivity index (χ4n) is 2.35. The summed E-state index contributed by atoms with van der Waals surface area (Å²) in [7, 11) is 0. The maximum atomic E-state index is 8.87. The number of nitrogen functional groups attached to an aromatic ring is 1. The van der Waals surface area contributed by atoms with Crippen LogP contribution in [0, 0.1) is 11.3 Å². The number of nitrogens with zero attached hydrogens (tertiary/aromatic N) is 3. The number of anilines is 2. The molecule has 2 rings (SSSR count). The largest absolute Gasteiger partial charge is 0.398 e. The highest BCUT2D eigenvalue weighted by Gasteiger charge is 2.19. The smallest absolute Gasteiger partial charge is 0.101 e. The average molecular weight is 244 g/mol. The first kappa shape index (κ1) is 12.7. The van der Waals surface area contributed by atoms with Crippen LogP contribution in [-0.2, 0) is 0 Å². The zero-order valence-electron chi connectivity index (χ0n) is 11.1. The van der Waals surface area contributed by atoms with Gasteiger partial charge in [0, 0.05) is 37.9 Å². The van der Waals surface area contributed by atoms with Gasteiger partial charge in [-0.15, -0.1) is 0 Å². The van der Waals surface area contributed by atoms with Gasteiger partial charge >= 0.3 is 0 Å². The maximum absolute atomic E-state index is 8.87. The highest BCUT2D eigenvalue weighted by Crippen LogP contribution is 2.22. The third-order valence-corrected chi connectivity index (χ3v) is 3.57. The Hall–Kier alpha value is -1.73. The molecule has 0 aromatic heterocycles. The lowest BCUT2D eigenvalue weighted by Crippen LogP contribution is -2.48. The fourth-order valence-corrected chi connectivity index (χ4v) is 2.35. The van der Waals surface area contributed by atoms with Gasteiger partial charge in [-0.3, -0.25) is 4.90 Å². The number of rotatable bonds is 2. The molecule has 0 saturated carbocycles. The topological polar surface area (TPSA) is 56.3 Å². The molecule has 1 aliphatic heterocycles. The third kappa shape index (κ3) is 2.57. The molecule has 4 heteroatoms. The summed E-state index contributed by atoms with van der Waals surface area (Å²) < 4.78 is 0. The van der Waals surface area contributed by atoms with E-state index < -0.39 is 0 Å². The van der Waals surface area contributed by atoms with E-state index in [1.165, 1.54) is 0 Å². The average Bonchev–Trinajstić information content (AvgIpc) is 2.38. The van der Waals surface area contributed by atoms with Crippen LogP contribution in [0.1, 0.15) is 19.4 Å². The molecule has 1 fully saturated rings. The lowest BCUT2D eigenvalue weighted by Gasteiger charge is -2.38. The number of nitrogens with two attached hydrogens (primary N) is 1. The SMILES string of the molecule is CC(C)N1CCN(c2ccc(C#N)c(N)c2)CC1. The molecule has 18 heavy (non-hydrogen) atoms. The molecule has 0 unspecified atom stereocenters. The summed E-state index contributed by atoms with van der Waals surface area (Å²) in [6, 6.07) is 8.40. The van der Waals surface area contributed by atoms with Crippen LogP contribution >= 0.6 is 0 Å². The normalized spacial score (nSPS) is 16.9. The van der Waals surface area contributed by atoms with Gasteiger partial charge in [-0.2, -0.15) is 5.26 Å². The Labute approximate surface area is 109 Å². The zero-order valence-corrected chi connectivity index (χ0v) is 11.1. The minimum absolute atomic E-state index is 0.555. The Morgan fingerprint density at radius 2 is 1.89 bits per heavy atom. The van der Waals surface area contributed by atoms with Crippen molar-refractivity contribution < 1.29 is 0 Å². The molecule has 1 heterocycles. The van der Waals surface area contributed by atoms with Gasteiger partial charge in [0.05, 0.1) is 11.3 Å². The van der Waals surface area contributed by atoms with Crippen molar-refractivity contribution >= 4 is 11.4 Å². The Bertz CT molecular complexity index is 453. The Balaban J connectivity index is 2.06. The van der Waals surface area contributed by atoms with E-state index in [1.807, 2.05) is 12.1 Å². The van der Waals surface area contributed by atoms with E-state index in [0.717, 1.165) is 31.9 Å². The molecule has 0 bridgehead atoms. The first-order valence-corrected chi connectivity index (χ1v) is 6.40. The van der Waals surface area contributed by atoms with Crippen molar-refractivity contribution in [1.29, 1.82) is 5.26 Å². The molecule has 2 N–H and O–H groups in total. The fraction of sp³-hybridized carbons (Fsp3) is 0.500. The van der Waals surface area contributed by atoms with Crippen LogP contribution < -0.4 is 10.6 Å². The van der Waals surface area contributed by atoms with Gasteiger partial charge in [-0.1, -0.05) is 0 Å². The maximum Gasteiger partial charge on any atom is 0.101 e. The predicted molar refractivity (Wildman–Crippen MR) is 74.5 cm³/mol. The first-order valence-electron chi connectivity index (χ1n) is 6.40. The van der Waals surface area contributed by atoms with Gasteiger partial charge in [0.25, 0.3) is 0 Å². The summed E-state index contributed by atoms with van der Waals surface area (Å²) in [5.74, 6) is 0. The molecule has 1 aromatic carbocycles. The van der Waals surface area contributed by atoms with Crippen molar-refractivity contribution in [2.75, 3.05) is 36.8 Å². The van der Waals surface area contributed by atoms with Crippen LogP contribution in [-0.4, -0.2) is 37.1 Å². The number of hydrogen-bond acceptors (Lipinski definition) is 4. The van der Waals surface area contributed by atoms with Gasteiger partial charge in [-0.25, -0.2) is 0 Å². The molecule has 1 aromatic rings. The van der Waals surface area contributed by atoms with Crippen molar-refractivity contribution in [2.24, 2.45) is 0 Å². The third-order valence-electron chi connectivity index (χ3n) is 3.57. The monoisotopic (exact) mass is 244 g/mol. The van der Waals surface area contributed by atoms with E-state index in [4.69, 9.17) is 11.0 Å². The summed E-state index contributed by atoms with van der Waals surface area (Å²) in [5, 5.41) is 8.87. The molecule has 4 nitrogen and oxygen atoms in total. The Kier molecular flexibility index (Phi) is 3.73. The highest BCUT2D eigenvalue weighted by molar-refractivity contribution is 5.63. The first-order chi connectivity index (χ1) is 8.61. The molecule has 0 radical (unpaired) electrons. The van der Waals surface area contributed by atoms with Crippen LogP contribution in [0.5, 0.6) is 0 Å². The van der Waals surface area contributed by atoms with Crippen LogP contribution in [0.25, 0.3) is 0 Å². The summed E-state index contributed by atoms with van der Waals surface area (Å²) in [4.78, 5) is 4.81. The standard InChI is InChI=1S/C14H20N4/c1-11(2)17-5-7-18(8-6-17)13-4-3-12(10-15)14(16)9-13/h3-4,9,11H,5-8,16H2,1-2H3. The quantitative estimate of drug-likeness (QED) is 0.804. The minimum Gasteiger partial charge on any atom is -0.398 e. The highest BCUT2D eigenvalue weighted by atomic mass is 15.3. The van der Waals surface area contributed by atoms with E-state index in [0.29, 0.717) is 17.3 Å². The van der Waals surface area contributed by atoms with E-state index in [2.05, 4.69) is 29.7 Å². The lowest BCUT2D eigenvalue weighted by molar-refractivity contribution is 0.209. The van der Waals surface area contributed by atoms with Gasteiger partial charge in [0.1, 0.15) is 6.07 Å². The van der Waals surface area contributed by atoms with Crippen LogP contribution in [0.15, 0.2) is 18.2 Å². The lowest BCUT2D eigenvalue weighted by atomic mass is 10.1. The van der Waals surface area contributed by atoms with Gasteiger partial charge in [0.2, 0.25) is 0 Å². The van der Waals surface area contributed by atoms with Gasteiger partial charge in [-0.05, 0) is 32.0 Å². The Morgan fingerprint density at radius 3 is 2.39 bits per heavy atom. The van der Waals surface area contributed by atoms with Crippen LogP contribution in [0.4, 0.5) is 11.4 Å². The zero-order chi connectivity index (χ0) is 13.1. The van der Waals surface area contributed by atoms with Crippen molar-refractivity contribution in [1.82, 2.24) is 4.90 Å². The number of piperazine rings is 1. The van der Waals surface area contributed by atoms with Crippen LogP contribution in [0.3, 0.4) is 0 Å². The number of nitriles is 1. The summed E-state index contributed by atoms with van der Waals surface area (Å²) in [5.41, 5.74) is 8.10. The summed E-state index contributed by atoms with van der Waals surface area (Å²) in [6.45, 7) is 8.66. The molecule has 96 valence electrons.